The second-order valence-corrected chi connectivity index (χ2v) is 26.2. The Kier molecular flexibility index (Phi) is 13.8. The van der Waals surface area contributed by atoms with Crippen LogP contribution in [0.3, 0.4) is 0 Å². The number of fused-ring (bicyclic) bond motifs is 1. The number of amides is 1. The van der Waals surface area contributed by atoms with E-state index in [4.69, 9.17) is 36.4 Å². The monoisotopic (exact) mass is 720 g/mol. The Morgan fingerprint density at radius 1 is 1.04 bits per heavy atom. The molecule has 2 aromatic heterocycles. The van der Waals surface area contributed by atoms with Crippen molar-refractivity contribution in [3.63, 3.8) is 0 Å². The van der Waals surface area contributed by atoms with Crippen molar-refractivity contribution < 1.29 is 23.1 Å². The summed E-state index contributed by atoms with van der Waals surface area (Å²) in [5.74, 6) is 3.26. The van der Waals surface area contributed by atoms with Gasteiger partial charge in [-0.1, -0.05) is 99.3 Å². The van der Waals surface area contributed by atoms with Gasteiger partial charge in [-0.25, -0.2) is 4.79 Å². The van der Waals surface area contributed by atoms with Crippen LogP contribution < -0.4 is 5.32 Å². The number of anilines is 1. The number of unbranched alkanes of at least 4 members (excludes halogenated alkanes) is 7. The maximum Gasteiger partial charge on any atom is 0.412 e. The lowest BCUT2D eigenvalue weighted by molar-refractivity contribution is -0.0836. The summed E-state index contributed by atoms with van der Waals surface area (Å²) in [6.07, 6.45) is 16.5. The molecule has 3 rings (SSSR count). The average molecular weight is 722 g/mol. The van der Waals surface area contributed by atoms with Gasteiger partial charge in [-0.15, -0.1) is 6.42 Å². The quantitative estimate of drug-likeness (QED) is 0.0798. The minimum absolute atomic E-state index is 0.000681. The summed E-state index contributed by atoms with van der Waals surface area (Å²) < 4.78 is 27.9. The van der Waals surface area contributed by atoms with E-state index in [0.717, 1.165) is 19.3 Å². The first-order valence-electron chi connectivity index (χ1n) is 17.7. The summed E-state index contributed by atoms with van der Waals surface area (Å²) in [5, 5.41) is 3.35. The van der Waals surface area contributed by atoms with Gasteiger partial charge in [0, 0.05) is 12.6 Å². The standard InChI is InChI=1S/C36H61ClN4O5Si2/c1-13-15-16-17-18-19-20-21-24-43-33(42)39-30-27-22-23-41(31(27)40-32(37)38-30)29-25-28(46-48(11,12)35(6,7)8)36(14-2,45-29)26-44-47(9,10)34(3,4)5/h2,22-23,28-29H,13,15-21,24-26H2,1,3-12H3,(H,38,39,40,42)/t28-,29+,36+/m0/s1. The topological polar surface area (TPSA) is 96.7 Å². The maximum atomic E-state index is 12.7. The first-order valence-corrected chi connectivity index (χ1v) is 23.9. The van der Waals surface area contributed by atoms with Crippen LogP contribution in [0.15, 0.2) is 12.3 Å². The van der Waals surface area contributed by atoms with E-state index in [1.165, 1.54) is 32.1 Å². The van der Waals surface area contributed by atoms with Gasteiger partial charge in [-0.2, -0.15) is 9.97 Å². The Balaban J connectivity index is 1.81. The summed E-state index contributed by atoms with van der Waals surface area (Å²) >= 11 is 6.41. The van der Waals surface area contributed by atoms with E-state index >= 15 is 0 Å². The number of carbonyl (C=O) groups excluding carboxylic acids is 1. The summed E-state index contributed by atoms with van der Waals surface area (Å²) in [6.45, 7) is 24.9. The van der Waals surface area contributed by atoms with Crippen LogP contribution in [-0.2, 0) is 18.3 Å². The smallest absolute Gasteiger partial charge is 0.412 e. The Morgan fingerprint density at radius 3 is 2.23 bits per heavy atom. The van der Waals surface area contributed by atoms with Gasteiger partial charge in [0.2, 0.25) is 5.28 Å². The molecule has 1 aliphatic heterocycles. The molecule has 0 radical (unpaired) electrons. The number of carbonyl (C=O) groups is 1. The fourth-order valence-corrected chi connectivity index (χ4v) is 7.78. The van der Waals surface area contributed by atoms with Crippen molar-refractivity contribution in [3.05, 3.63) is 17.5 Å². The van der Waals surface area contributed by atoms with E-state index in [1.807, 2.05) is 16.8 Å². The van der Waals surface area contributed by atoms with Crippen LogP contribution in [-0.4, -0.2) is 62.2 Å². The van der Waals surface area contributed by atoms with E-state index in [0.29, 0.717) is 24.1 Å². The lowest BCUT2D eigenvalue weighted by atomic mass is 9.99. The van der Waals surface area contributed by atoms with Crippen molar-refractivity contribution in [2.75, 3.05) is 18.5 Å². The molecule has 0 saturated carbocycles. The zero-order valence-corrected chi connectivity index (χ0v) is 34.2. The molecule has 1 aliphatic rings. The number of terminal acetylenes is 1. The predicted octanol–water partition coefficient (Wildman–Crippen LogP) is 10.5. The zero-order chi connectivity index (χ0) is 36.0. The van der Waals surface area contributed by atoms with E-state index < -0.39 is 40.7 Å². The van der Waals surface area contributed by atoms with Gasteiger partial charge in [0.25, 0.3) is 0 Å². The predicted molar refractivity (Wildman–Crippen MR) is 202 cm³/mol. The molecular weight excluding hydrogens is 660 g/mol. The van der Waals surface area contributed by atoms with Gasteiger partial charge in [-0.05, 0) is 60.4 Å². The van der Waals surface area contributed by atoms with Crippen molar-refractivity contribution in [2.45, 2.75) is 160 Å². The number of ether oxygens (including phenoxy) is 2. The molecule has 3 heterocycles. The van der Waals surface area contributed by atoms with Gasteiger partial charge >= 0.3 is 6.09 Å². The highest BCUT2D eigenvalue weighted by Crippen LogP contribution is 2.47. The second-order valence-electron chi connectivity index (χ2n) is 16.3. The van der Waals surface area contributed by atoms with E-state index in [9.17, 15) is 4.79 Å². The third-order valence-corrected chi connectivity index (χ3v) is 19.7. The molecule has 0 bridgehead atoms. The van der Waals surface area contributed by atoms with Crippen molar-refractivity contribution in [1.29, 1.82) is 0 Å². The normalized spacial score (nSPS) is 20.6. The zero-order valence-electron chi connectivity index (χ0n) is 31.4. The lowest BCUT2D eigenvalue weighted by Gasteiger charge is -2.43. The average Bonchev–Trinajstić information content (AvgIpc) is 3.55. The van der Waals surface area contributed by atoms with Gasteiger partial charge < -0.3 is 22.9 Å². The molecule has 0 aromatic carbocycles. The molecule has 3 atom stereocenters. The minimum atomic E-state index is -2.25. The number of hydrogen-bond donors (Lipinski definition) is 1. The van der Waals surface area contributed by atoms with Crippen LogP contribution in [0.25, 0.3) is 11.0 Å². The number of nitrogens with one attached hydrogen (secondary N) is 1. The molecule has 2 aromatic rings. The fraction of sp³-hybridized carbons (Fsp3) is 0.750. The third kappa shape index (κ3) is 10.1. The van der Waals surface area contributed by atoms with Gasteiger partial charge in [0.15, 0.2) is 22.2 Å². The first kappa shape index (κ1) is 40.5. The Labute approximate surface area is 296 Å². The Hall–Kier alpha value is -1.95. The second kappa shape index (κ2) is 16.4. The largest absolute Gasteiger partial charge is 0.449 e. The molecule has 270 valence electrons. The molecule has 0 unspecified atom stereocenters. The highest BCUT2D eigenvalue weighted by atomic mass is 35.5. The first-order chi connectivity index (χ1) is 22.3. The van der Waals surface area contributed by atoms with E-state index in [-0.39, 0.29) is 27.8 Å². The Morgan fingerprint density at radius 2 is 1.65 bits per heavy atom. The van der Waals surface area contributed by atoms with E-state index in [1.54, 1.807) is 0 Å². The molecular formula is C36H61ClN4O5Si2. The number of rotatable bonds is 16. The summed E-state index contributed by atoms with van der Waals surface area (Å²) in [5.41, 5.74) is -0.591. The van der Waals surface area contributed by atoms with Crippen LogP contribution >= 0.6 is 11.6 Å². The molecule has 48 heavy (non-hydrogen) atoms. The molecule has 9 nitrogen and oxygen atoms in total. The molecule has 1 N–H and O–H groups in total. The number of aromatic nitrogens is 3. The molecule has 0 spiro atoms. The van der Waals surface area contributed by atoms with Crippen LogP contribution in [0, 0.1) is 12.3 Å². The summed E-state index contributed by atoms with van der Waals surface area (Å²) in [4.78, 5) is 21.6. The van der Waals surface area contributed by atoms with Crippen molar-refractivity contribution in [2.24, 2.45) is 0 Å². The van der Waals surface area contributed by atoms with E-state index in [2.05, 4.69) is 95.9 Å². The van der Waals surface area contributed by atoms with Gasteiger partial charge in [-0.3, -0.25) is 5.32 Å². The number of hydrogen-bond acceptors (Lipinski definition) is 7. The minimum Gasteiger partial charge on any atom is -0.449 e. The van der Waals surface area contributed by atoms with Crippen LogP contribution in [0.5, 0.6) is 0 Å². The summed E-state index contributed by atoms with van der Waals surface area (Å²) in [7, 11) is -4.42. The van der Waals surface area contributed by atoms with Crippen molar-refractivity contribution in [3.8, 4) is 12.3 Å². The van der Waals surface area contributed by atoms with Crippen LogP contribution in [0.1, 0.15) is 112 Å². The van der Waals surface area contributed by atoms with Crippen LogP contribution in [0.2, 0.25) is 41.5 Å². The highest BCUT2D eigenvalue weighted by molar-refractivity contribution is 6.74. The third-order valence-electron chi connectivity index (χ3n) is 10.5. The number of halogens is 1. The number of nitrogens with zero attached hydrogens (tertiary/aromatic N) is 3. The SMILES string of the molecule is C#C[C@]1(CO[Si](C)(C)C(C)(C)C)O[C@@H](n2ccc3c(NC(=O)OCCCCCCCCCC)nc(Cl)nc32)C[C@@H]1O[Si](C)(C)C(C)(C)C. The molecule has 1 fully saturated rings. The summed E-state index contributed by atoms with van der Waals surface area (Å²) in [6, 6.07) is 1.84. The lowest BCUT2D eigenvalue weighted by Crippen LogP contribution is -2.54. The van der Waals surface area contributed by atoms with Crippen molar-refractivity contribution in [1.82, 2.24) is 14.5 Å². The Bertz CT molecular complexity index is 1410. The molecule has 0 aliphatic carbocycles. The van der Waals surface area contributed by atoms with Gasteiger partial charge in [0.1, 0.15) is 17.7 Å². The molecule has 1 amide bonds. The molecule has 12 heteroatoms. The molecule has 1 saturated heterocycles. The fourth-order valence-electron chi connectivity index (χ4n) is 5.25. The van der Waals surface area contributed by atoms with Crippen molar-refractivity contribution >= 4 is 51.2 Å². The van der Waals surface area contributed by atoms with Gasteiger partial charge in [0.05, 0.1) is 24.7 Å². The maximum absolute atomic E-state index is 12.7. The highest BCUT2D eigenvalue weighted by Gasteiger charge is 2.54. The van der Waals surface area contributed by atoms with Crippen LogP contribution in [0.4, 0.5) is 10.6 Å².